The second-order valence-corrected chi connectivity index (χ2v) is 2.91. The van der Waals surface area contributed by atoms with Crippen LogP contribution in [0.15, 0.2) is 18.2 Å². The molecule has 0 spiro atoms. The van der Waals surface area contributed by atoms with Crippen LogP contribution in [-0.4, -0.2) is 29.8 Å². The molecule has 0 aliphatic heterocycles. The van der Waals surface area contributed by atoms with Crippen molar-refractivity contribution < 1.29 is 0 Å². The summed E-state index contributed by atoms with van der Waals surface area (Å²) < 4.78 is 0. The van der Waals surface area contributed by atoms with E-state index in [1.54, 1.807) is 4.90 Å². The maximum atomic E-state index is 7.64. The van der Waals surface area contributed by atoms with Crippen LogP contribution in [0.1, 0.15) is 11.4 Å². The lowest BCUT2D eigenvalue weighted by Gasteiger charge is -2.12. The summed E-state index contributed by atoms with van der Waals surface area (Å²) in [7, 11) is 3.68. The number of nitrogens with one attached hydrogen (secondary N) is 1. The van der Waals surface area contributed by atoms with Crippen LogP contribution >= 0.6 is 0 Å². The number of nitrogens with zero attached hydrogens (tertiary/aromatic N) is 2. The van der Waals surface area contributed by atoms with Crippen LogP contribution in [0.5, 0.6) is 0 Å². The molecule has 0 fully saturated rings. The van der Waals surface area contributed by atoms with Gasteiger partial charge in [-0.1, -0.05) is 6.07 Å². The molecule has 1 aromatic rings. The van der Waals surface area contributed by atoms with Crippen LogP contribution < -0.4 is 0 Å². The van der Waals surface area contributed by atoms with Gasteiger partial charge in [0.2, 0.25) is 0 Å². The van der Waals surface area contributed by atoms with E-state index in [1.807, 2.05) is 39.2 Å². The summed E-state index contributed by atoms with van der Waals surface area (Å²) in [5, 5.41) is 7.64. The zero-order valence-corrected chi connectivity index (χ0v) is 7.63. The lowest BCUT2D eigenvalue weighted by atomic mass is 10.3. The fraction of sp³-hybridized carbons (Fsp3) is 0.333. The van der Waals surface area contributed by atoms with Crippen molar-refractivity contribution in [1.29, 1.82) is 5.41 Å². The minimum Gasteiger partial charge on any atom is -0.361 e. The monoisotopic (exact) mass is 163 g/mol. The smallest absolute Gasteiger partial charge is 0.146 e. The Morgan fingerprint density at radius 1 is 1.42 bits per heavy atom. The lowest BCUT2D eigenvalue weighted by molar-refractivity contribution is 0.616. The Bertz CT molecular complexity index is 292. The van der Waals surface area contributed by atoms with Gasteiger partial charge < -0.3 is 4.90 Å². The summed E-state index contributed by atoms with van der Waals surface area (Å²) >= 11 is 0. The average molecular weight is 163 g/mol. The third-order valence-electron chi connectivity index (χ3n) is 1.58. The molecule has 1 rings (SSSR count). The molecule has 0 unspecified atom stereocenters. The van der Waals surface area contributed by atoms with E-state index in [2.05, 4.69) is 4.98 Å². The summed E-state index contributed by atoms with van der Waals surface area (Å²) in [6.45, 7) is 1.92. The normalized spacial score (nSPS) is 9.58. The molecule has 0 radical (unpaired) electrons. The van der Waals surface area contributed by atoms with Crippen molar-refractivity contribution in [1.82, 2.24) is 9.88 Å². The largest absolute Gasteiger partial charge is 0.361 e. The lowest BCUT2D eigenvalue weighted by Crippen LogP contribution is -2.22. The zero-order valence-electron chi connectivity index (χ0n) is 7.63. The van der Waals surface area contributed by atoms with Crippen LogP contribution in [-0.2, 0) is 0 Å². The quantitative estimate of drug-likeness (QED) is 0.500. The highest BCUT2D eigenvalue weighted by Crippen LogP contribution is 2.00. The molecule has 3 nitrogen and oxygen atoms in total. The van der Waals surface area contributed by atoms with Gasteiger partial charge >= 0.3 is 0 Å². The Hall–Kier alpha value is -1.38. The van der Waals surface area contributed by atoms with Crippen molar-refractivity contribution in [3.05, 3.63) is 29.6 Å². The van der Waals surface area contributed by atoms with E-state index in [-0.39, 0.29) is 0 Å². The Kier molecular flexibility index (Phi) is 2.43. The van der Waals surface area contributed by atoms with Gasteiger partial charge in [-0.2, -0.15) is 0 Å². The highest BCUT2D eigenvalue weighted by Gasteiger charge is 2.03. The topological polar surface area (TPSA) is 40.0 Å². The highest BCUT2D eigenvalue weighted by atomic mass is 15.1. The van der Waals surface area contributed by atoms with E-state index in [0.29, 0.717) is 5.84 Å². The Labute approximate surface area is 72.6 Å². The van der Waals surface area contributed by atoms with E-state index in [1.165, 1.54) is 0 Å². The fourth-order valence-corrected chi connectivity index (χ4v) is 0.904. The number of aryl methyl sites for hydroxylation is 1. The summed E-state index contributed by atoms with van der Waals surface area (Å²) in [5.41, 5.74) is 1.67. The maximum absolute atomic E-state index is 7.64. The van der Waals surface area contributed by atoms with E-state index in [9.17, 15) is 0 Å². The molecule has 1 aromatic heterocycles. The van der Waals surface area contributed by atoms with Crippen molar-refractivity contribution >= 4 is 5.84 Å². The molecule has 12 heavy (non-hydrogen) atoms. The summed E-state index contributed by atoms with van der Waals surface area (Å²) in [6.07, 6.45) is 0. The molecule has 0 aliphatic carbocycles. The van der Waals surface area contributed by atoms with E-state index in [4.69, 9.17) is 5.41 Å². The molecule has 1 heterocycles. The molecule has 0 aliphatic rings. The summed E-state index contributed by atoms with van der Waals surface area (Å²) in [6, 6.07) is 5.68. The predicted molar refractivity (Wildman–Crippen MR) is 49.5 cm³/mol. The second kappa shape index (κ2) is 3.34. The highest BCUT2D eigenvalue weighted by molar-refractivity contribution is 5.94. The number of amidine groups is 1. The molecule has 64 valence electrons. The minimum atomic E-state index is 0.443. The summed E-state index contributed by atoms with van der Waals surface area (Å²) in [4.78, 5) is 5.97. The molecular formula is C9H13N3. The van der Waals surface area contributed by atoms with Gasteiger partial charge in [-0.05, 0) is 19.1 Å². The Morgan fingerprint density at radius 2 is 2.08 bits per heavy atom. The molecular weight excluding hydrogens is 150 g/mol. The minimum absolute atomic E-state index is 0.443. The molecule has 0 saturated carbocycles. The Balaban J connectivity index is 2.96. The number of hydrogen-bond acceptors (Lipinski definition) is 2. The predicted octanol–water partition coefficient (Wildman–Crippen LogP) is 1.28. The van der Waals surface area contributed by atoms with Gasteiger partial charge in [0.1, 0.15) is 11.5 Å². The van der Waals surface area contributed by atoms with Crippen LogP contribution in [0.25, 0.3) is 0 Å². The maximum Gasteiger partial charge on any atom is 0.146 e. The van der Waals surface area contributed by atoms with E-state index < -0.39 is 0 Å². The first-order valence-electron chi connectivity index (χ1n) is 3.81. The van der Waals surface area contributed by atoms with Crippen LogP contribution in [0.3, 0.4) is 0 Å². The van der Waals surface area contributed by atoms with Crippen molar-refractivity contribution in [2.45, 2.75) is 6.92 Å². The zero-order chi connectivity index (χ0) is 9.14. The third kappa shape index (κ3) is 1.81. The van der Waals surface area contributed by atoms with Crippen molar-refractivity contribution in [2.75, 3.05) is 14.1 Å². The van der Waals surface area contributed by atoms with Gasteiger partial charge in [-0.15, -0.1) is 0 Å². The van der Waals surface area contributed by atoms with E-state index >= 15 is 0 Å². The number of hydrogen-bond donors (Lipinski definition) is 1. The molecule has 3 heteroatoms. The Morgan fingerprint density at radius 3 is 2.58 bits per heavy atom. The first-order chi connectivity index (χ1) is 5.61. The molecule has 0 aromatic carbocycles. The van der Waals surface area contributed by atoms with Crippen LogP contribution in [0.2, 0.25) is 0 Å². The van der Waals surface area contributed by atoms with Crippen molar-refractivity contribution in [3.63, 3.8) is 0 Å². The first-order valence-corrected chi connectivity index (χ1v) is 3.81. The van der Waals surface area contributed by atoms with Crippen LogP contribution in [0, 0.1) is 12.3 Å². The number of pyridine rings is 1. The molecule has 0 amide bonds. The SMILES string of the molecule is Cc1cccc(C(=N)N(C)C)n1. The second-order valence-electron chi connectivity index (χ2n) is 2.91. The van der Waals surface area contributed by atoms with E-state index in [0.717, 1.165) is 11.4 Å². The van der Waals surface area contributed by atoms with Crippen molar-refractivity contribution in [2.24, 2.45) is 0 Å². The van der Waals surface area contributed by atoms with Gasteiger partial charge in [0.05, 0.1) is 0 Å². The first kappa shape index (κ1) is 8.71. The third-order valence-corrected chi connectivity index (χ3v) is 1.58. The molecule has 0 atom stereocenters. The number of rotatable bonds is 1. The fourth-order valence-electron chi connectivity index (χ4n) is 0.904. The van der Waals surface area contributed by atoms with Gasteiger partial charge in [-0.25, -0.2) is 4.98 Å². The van der Waals surface area contributed by atoms with Crippen LogP contribution in [0.4, 0.5) is 0 Å². The van der Waals surface area contributed by atoms with Gasteiger partial charge in [-0.3, -0.25) is 5.41 Å². The standard InChI is InChI=1S/C9H13N3/c1-7-5-4-6-8(11-7)9(10)12(2)3/h4-6,10H,1-3H3. The molecule has 1 N–H and O–H groups in total. The average Bonchev–Trinajstić information content (AvgIpc) is 2.03. The number of aromatic nitrogens is 1. The summed E-state index contributed by atoms with van der Waals surface area (Å²) in [5.74, 6) is 0.443. The van der Waals surface area contributed by atoms with Gasteiger partial charge in [0.25, 0.3) is 0 Å². The van der Waals surface area contributed by atoms with Gasteiger partial charge in [0, 0.05) is 19.8 Å². The molecule has 0 saturated heterocycles. The van der Waals surface area contributed by atoms with Crippen molar-refractivity contribution in [3.8, 4) is 0 Å². The van der Waals surface area contributed by atoms with Gasteiger partial charge in [0.15, 0.2) is 0 Å². The molecule has 0 bridgehead atoms.